The molecular weight excluding hydrogens is 292 g/mol. The van der Waals surface area contributed by atoms with Gasteiger partial charge in [-0.1, -0.05) is 0 Å². The molecule has 1 atom stereocenters. The summed E-state index contributed by atoms with van der Waals surface area (Å²) in [7, 11) is -3.26. The quantitative estimate of drug-likeness (QED) is 0.541. The Bertz CT molecular complexity index is 478. The normalized spacial score (nSPS) is 26.1. The maximum atomic E-state index is 12.4. The second kappa shape index (κ2) is 6.20. The van der Waals surface area contributed by atoms with E-state index < -0.39 is 15.6 Å². The molecule has 0 radical (unpaired) electrons. The zero-order valence-electron chi connectivity index (χ0n) is 12.8. The van der Waals surface area contributed by atoms with Crippen LogP contribution in [0.25, 0.3) is 0 Å². The van der Waals surface area contributed by atoms with E-state index in [1.165, 1.54) is 0 Å². The second-order valence-corrected chi connectivity index (χ2v) is 8.29. The number of nitrogens with one attached hydrogen (secondary N) is 1. The van der Waals surface area contributed by atoms with Gasteiger partial charge in [0, 0.05) is 32.8 Å². The average Bonchev–Trinajstić information content (AvgIpc) is 2.91. The van der Waals surface area contributed by atoms with Crippen LogP contribution < -0.4 is 5.73 Å². The fraction of sp³-hybridized carbons (Fsp3) is 0.923. The van der Waals surface area contributed by atoms with E-state index in [1.54, 1.807) is 4.31 Å². The molecule has 0 spiro atoms. The minimum Gasteiger partial charge on any atom is -0.386 e. The molecule has 0 aromatic rings. The SMILES string of the molecule is CC(C)(C(=N)N)N1CCN(S(=O)(=O)CC2CCCO2)CC1. The van der Waals surface area contributed by atoms with Crippen LogP contribution in [0.5, 0.6) is 0 Å². The fourth-order valence-electron chi connectivity index (χ4n) is 2.81. The summed E-state index contributed by atoms with van der Waals surface area (Å²) in [6, 6.07) is 0. The molecule has 0 aromatic carbocycles. The molecule has 1 unspecified atom stereocenters. The van der Waals surface area contributed by atoms with Gasteiger partial charge in [-0.15, -0.1) is 0 Å². The Kier molecular flexibility index (Phi) is 4.92. The molecule has 3 N–H and O–H groups in total. The lowest BCUT2D eigenvalue weighted by atomic mass is 10.0. The zero-order valence-corrected chi connectivity index (χ0v) is 13.7. The van der Waals surface area contributed by atoms with Crippen molar-refractivity contribution in [2.45, 2.75) is 38.3 Å². The smallest absolute Gasteiger partial charge is 0.216 e. The number of rotatable bonds is 5. The van der Waals surface area contributed by atoms with Crippen LogP contribution in [-0.4, -0.2) is 73.6 Å². The minimum atomic E-state index is -3.26. The number of sulfonamides is 1. The van der Waals surface area contributed by atoms with Crippen molar-refractivity contribution in [3.05, 3.63) is 0 Å². The number of ether oxygens (including phenoxy) is 1. The Morgan fingerprint density at radius 1 is 1.33 bits per heavy atom. The summed E-state index contributed by atoms with van der Waals surface area (Å²) in [5, 5.41) is 7.64. The van der Waals surface area contributed by atoms with E-state index in [2.05, 4.69) is 4.90 Å². The molecule has 0 bridgehead atoms. The van der Waals surface area contributed by atoms with Crippen LogP contribution >= 0.6 is 0 Å². The molecule has 7 nitrogen and oxygen atoms in total. The van der Waals surface area contributed by atoms with Gasteiger partial charge in [-0.2, -0.15) is 4.31 Å². The number of amidine groups is 1. The molecule has 2 fully saturated rings. The van der Waals surface area contributed by atoms with Crippen LogP contribution in [0.1, 0.15) is 26.7 Å². The molecule has 2 heterocycles. The van der Waals surface area contributed by atoms with Gasteiger partial charge in [0.15, 0.2) is 0 Å². The highest BCUT2D eigenvalue weighted by Gasteiger charge is 2.36. The van der Waals surface area contributed by atoms with Gasteiger partial charge in [-0.05, 0) is 26.7 Å². The highest BCUT2D eigenvalue weighted by Crippen LogP contribution is 2.20. The van der Waals surface area contributed by atoms with Crippen molar-refractivity contribution in [3.8, 4) is 0 Å². The molecule has 0 amide bonds. The summed E-state index contributed by atoms with van der Waals surface area (Å²) in [5.41, 5.74) is 5.10. The molecule has 8 heteroatoms. The lowest BCUT2D eigenvalue weighted by Gasteiger charge is -2.42. The third-order valence-corrected chi connectivity index (χ3v) is 6.45. The summed E-state index contributed by atoms with van der Waals surface area (Å²) in [4.78, 5) is 2.06. The third kappa shape index (κ3) is 3.74. The molecule has 122 valence electrons. The Labute approximate surface area is 127 Å². The van der Waals surface area contributed by atoms with Crippen molar-refractivity contribution in [1.29, 1.82) is 5.41 Å². The lowest BCUT2D eigenvalue weighted by Crippen LogP contribution is -2.60. The topological polar surface area (TPSA) is 99.7 Å². The monoisotopic (exact) mass is 318 g/mol. The lowest BCUT2D eigenvalue weighted by molar-refractivity contribution is 0.114. The Hall–Kier alpha value is -0.700. The van der Waals surface area contributed by atoms with Crippen LogP contribution in [-0.2, 0) is 14.8 Å². The first-order valence-corrected chi connectivity index (χ1v) is 9.03. The second-order valence-electron chi connectivity index (χ2n) is 6.27. The van der Waals surface area contributed by atoms with Crippen molar-refractivity contribution in [2.75, 3.05) is 38.5 Å². The average molecular weight is 318 g/mol. The van der Waals surface area contributed by atoms with E-state index in [0.29, 0.717) is 32.8 Å². The van der Waals surface area contributed by atoms with Gasteiger partial charge >= 0.3 is 0 Å². The summed E-state index contributed by atoms with van der Waals surface area (Å²) in [6.07, 6.45) is 1.62. The highest BCUT2D eigenvalue weighted by atomic mass is 32.2. The van der Waals surface area contributed by atoms with Crippen LogP contribution in [0.4, 0.5) is 0 Å². The van der Waals surface area contributed by atoms with Crippen molar-refractivity contribution < 1.29 is 13.2 Å². The Balaban J connectivity index is 1.92. The molecule has 2 rings (SSSR count). The van der Waals surface area contributed by atoms with Crippen LogP contribution in [0.2, 0.25) is 0 Å². The van der Waals surface area contributed by atoms with Gasteiger partial charge in [0.25, 0.3) is 0 Å². The largest absolute Gasteiger partial charge is 0.386 e. The summed E-state index contributed by atoms with van der Waals surface area (Å²) in [5.74, 6) is 0.196. The first-order valence-electron chi connectivity index (χ1n) is 7.42. The van der Waals surface area contributed by atoms with E-state index >= 15 is 0 Å². The van der Waals surface area contributed by atoms with Gasteiger partial charge in [0.2, 0.25) is 10.0 Å². The van der Waals surface area contributed by atoms with Gasteiger partial charge in [0.1, 0.15) is 5.84 Å². The van der Waals surface area contributed by atoms with E-state index in [9.17, 15) is 8.42 Å². The minimum absolute atomic E-state index is 0.0864. The number of nitrogens with two attached hydrogens (primary N) is 1. The van der Waals surface area contributed by atoms with Crippen LogP contribution in [0.3, 0.4) is 0 Å². The van der Waals surface area contributed by atoms with Crippen molar-refractivity contribution in [1.82, 2.24) is 9.21 Å². The van der Waals surface area contributed by atoms with E-state index in [0.717, 1.165) is 12.8 Å². The highest BCUT2D eigenvalue weighted by molar-refractivity contribution is 7.89. The third-order valence-electron chi connectivity index (χ3n) is 4.50. The summed E-state index contributed by atoms with van der Waals surface area (Å²) in [6.45, 7) is 6.55. The van der Waals surface area contributed by atoms with Gasteiger partial charge in [-0.3, -0.25) is 10.3 Å². The predicted octanol–water partition coefficient (Wildman–Crippen LogP) is -0.173. The maximum absolute atomic E-state index is 12.4. The summed E-state index contributed by atoms with van der Waals surface area (Å²) < 4.78 is 31.8. The van der Waals surface area contributed by atoms with Crippen LogP contribution in [0, 0.1) is 5.41 Å². The molecule has 0 aliphatic carbocycles. The first-order chi connectivity index (χ1) is 9.73. The number of nitrogens with zero attached hydrogens (tertiary/aromatic N) is 2. The van der Waals surface area contributed by atoms with Gasteiger partial charge in [-0.25, -0.2) is 8.42 Å². The number of hydrogen-bond donors (Lipinski definition) is 2. The standard InChI is InChI=1S/C13H26N4O3S/c1-13(2,12(14)15)16-5-7-17(8-6-16)21(18,19)10-11-4-3-9-20-11/h11H,3-10H2,1-2H3,(H3,14,15). The Morgan fingerprint density at radius 2 is 1.95 bits per heavy atom. The molecule has 21 heavy (non-hydrogen) atoms. The molecule has 2 aliphatic heterocycles. The van der Waals surface area contributed by atoms with Gasteiger partial charge < -0.3 is 10.5 Å². The number of piperazine rings is 1. The van der Waals surface area contributed by atoms with Crippen molar-refractivity contribution >= 4 is 15.9 Å². The van der Waals surface area contributed by atoms with Crippen molar-refractivity contribution in [3.63, 3.8) is 0 Å². The van der Waals surface area contributed by atoms with Gasteiger partial charge in [0.05, 0.1) is 17.4 Å². The van der Waals surface area contributed by atoms with Crippen molar-refractivity contribution in [2.24, 2.45) is 5.73 Å². The first kappa shape index (κ1) is 16.7. The molecule has 2 aliphatic rings. The number of hydrogen-bond acceptors (Lipinski definition) is 5. The van der Waals surface area contributed by atoms with E-state index in [-0.39, 0.29) is 17.7 Å². The molecule has 0 saturated carbocycles. The fourth-order valence-corrected chi connectivity index (χ4v) is 4.47. The molecule has 0 aromatic heterocycles. The summed E-state index contributed by atoms with van der Waals surface area (Å²) >= 11 is 0. The Morgan fingerprint density at radius 3 is 2.43 bits per heavy atom. The predicted molar refractivity (Wildman–Crippen MR) is 81.9 cm³/mol. The van der Waals surface area contributed by atoms with E-state index in [4.69, 9.17) is 15.9 Å². The maximum Gasteiger partial charge on any atom is 0.216 e. The van der Waals surface area contributed by atoms with E-state index in [1.807, 2.05) is 13.8 Å². The van der Waals surface area contributed by atoms with Crippen LogP contribution in [0.15, 0.2) is 0 Å². The molecular formula is C13H26N4O3S. The molecule has 2 saturated heterocycles. The zero-order chi connectivity index (χ0) is 15.7.